The lowest BCUT2D eigenvalue weighted by Crippen LogP contribution is -2.45. The minimum atomic E-state index is 0. The molecule has 1 aromatic rings. The molecule has 0 radical (unpaired) electrons. The van der Waals surface area contributed by atoms with Crippen LogP contribution in [0.5, 0.6) is 5.75 Å². The number of benzene rings is 1. The number of para-hydroxylation sites is 1. The van der Waals surface area contributed by atoms with Gasteiger partial charge in [0.1, 0.15) is 5.75 Å². The van der Waals surface area contributed by atoms with Crippen LogP contribution in [0, 0.1) is 0 Å². The lowest BCUT2D eigenvalue weighted by molar-refractivity contribution is 0.264. The zero-order valence-corrected chi connectivity index (χ0v) is 17.7. The SMILES string of the molecule is CCN1CCCC1CNC(=NC)NCC1CCOc2ccccc21.I. The fourth-order valence-corrected chi connectivity index (χ4v) is 3.83. The fourth-order valence-electron chi connectivity index (χ4n) is 3.83. The molecule has 3 rings (SSSR count). The summed E-state index contributed by atoms with van der Waals surface area (Å²) in [5.41, 5.74) is 1.31. The highest BCUT2D eigenvalue weighted by Crippen LogP contribution is 2.32. The Morgan fingerprint density at radius 3 is 2.84 bits per heavy atom. The van der Waals surface area contributed by atoms with Gasteiger partial charge in [-0.3, -0.25) is 9.89 Å². The molecule has 2 atom stereocenters. The molecule has 1 aromatic carbocycles. The number of hydrogen-bond donors (Lipinski definition) is 2. The summed E-state index contributed by atoms with van der Waals surface area (Å²) in [6, 6.07) is 9.00. The summed E-state index contributed by atoms with van der Waals surface area (Å²) in [5.74, 6) is 2.41. The van der Waals surface area contributed by atoms with Crippen molar-refractivity contribution in [3.8, 4) is 5.75 Å². The third-order valence-electron chi connectivity index (χ3n) is 5.23. The highest BCUT2D eigenvalue weighted by atomic mass is 127. The Morgan fingerprint density at radius 1 is 1.24 bits per heavy atom. The van der Waals surface area contributed by atoms with E-state index in [0.29, 0.717) is 12.0 Å². The number of fused-ring (bicyclic) bond motifs is 1. The number of aliphatic imine (C=N–C) groups is 1. The number of halogens is 1. The van der Waals surface area contributed by atoms with Gasteiger partial charge in [-0.1, -0.05) is 25.1 Å². The lowest BCUT2D eigenvalue weighted by atomic mass is 9.93. The van der Waals surface area contributed by atoms with Gasteiger partial charge in [0.15, 0.2) is 5.96 Å². The topological polar surface area (TPSA) is 48.9 Å². The number of ether oxygens (including phenoxy) is 1. The van der Waals surface area contributed by atoms with Crippen molar-refractivity contribution in [2.24, 2.45) is 4.99 Å². The van der Waals surface area contributed by atoms with E-state index in [9.17, 15) is 0 Å². The van der Waals surface area contributed by atoms with Crippen LogP contribution in [0.1, 0.15) is 37.7 Å². The maximum absolute atomic E-state index is 5.75. The summed E-state index contributed by atoms with van der Waals surface area (Å²) >= 11 is 0. The normalized spacial score (nSPS) is 23.4. The van der Waals surface area contributed by atoms with Crippen molar-refractivity contribution in [3.63, 3.8) is 0 Å². The molecular formula is C19H31IN4O. The maximum atomic E-state index is 5.75. The van der Waals surface area contributed by atoms with Crippen molar-refractivity contribution in [3.05, 3.63) is 29.8 Å². The molecule has 0 spiro atoms. The van der Waals surface area contributed by atoms with Gasteiger partial charge in [-0.05, 0) is 44.0 Å². The van der Waals surface area contributed by atoms with E-state index in [0.717, 1.165) is 44.4 Å². The molecular weight excluding hydrogens is 427 g/mol. The van der Waals surface area contributed by atoms with Crippen molar-refractivity contribution in [2.75, 3.05) is 39.8 Å². The number of likely N-dealkylation sites (N-methyl/N-ethyl adjacent to an activating group) is 1. The molecule has 2 N–H and O–H groups in total. The van der Waals surface area contributed by atoms with Gasteiger partial charge in [0.25, 0.3) is 0 Å². The van der Waals surface area contributed by atoms with E-state index in [2.05, 4.69) is 45.6 Å². The summed E-state index contributed by atoms with van der Waals surface area (Å²) < 4.78 is 5.75. The molecule has 140 valence electrons. The Kier molecular flexibility index (Phi) is 8.29. The van der Waals surface area contributed by atoms with Gasteiger partial charge < -0.3 is 15.4 Å². The monoisotopic (exact) mass is 458 g/mol. The molecule has 1 saturated heterocycles. The Labute approximate surface area is 168 Å². The standard InChI is InChI=1S/C19H30N4O.HI/c1-3-23-11-6-7-16(23)14-22-19(20-2)21-13-15-10-12-24-18-9-5-4-8-17(15)18;/h4-5,8-9,15-16H,3,6-7,10-14H2,1-2H3,(H2,20,21,22);1H. The van der Waals surface area contributed by atoms with Gasteiger partial charge in [-0.25, -0.2) is 0 Å². The van der Waals surface area contributed by atoms with Crippen LogP contribution in [0.2, 0.25) is 0 Å². The van der Waals surface area contributed by atoms with Crippen LogP contribution in [0.3, 0.4) is 0 Å². The molecule has 0 aromatic heterocycles. The number of nitrogens with zero attached hydrogens (tertiary/aromatic N) is 2. The van der Waals surface area contributed by atoms with Crippen molar-refractivity contribution < 1.29 is 4.74 Å². The van der Waals surface area contributed by atoms with Gasteiger partial charge in [-0.15, -0.1) is 24.0 Å². The van der Waals surface area contributed by atoms with Gasteiger partial charge >= 0.3 is 0 Å². The van der Waals surface area contributed by atoms with Crippen molar-refractivity contribution in [2.45, 2.75) is 38.1 Å². The summed E-state index contributed by atoms with van der Waals surface area (Å²) in [6.45, 7) is 7.27. The first-order chi connectivity index (χ1) is 11.8. The van der Waals surface area contributed by atoms with E-state index in [-0.39, 0.29) is 24.0 Å². The minimum absolute atomic E-state index is 0. The number of nitrogens with one attached hydrogen (secondary N) is 2. The Hall–Kier alpha value is -1.02. The molecule has 0 bridgehead atoms. The molecule has 0 aliphatic carbocycles. The van der Waals surface area contributed by atoms with Crippen molar-refractivity contribution >= 4 is 29.9 Å². The van der Waals surface area contributed by atoms with E-state index in [1.165, 1.54) is 24.9 Å². The van der Waals surface area contributed by atoms with Crippen LogP contribution in [0.25, 0.3) is 0 Å². The smallest absolute Gasteiger partial charge is 0.191 e. The van der Waals surface area contributed by atoms with Gasteiger partial charge in [0.05, 0.1) is 6.61 Å². The average Bonchev–Trinajstić information content (AvgIpc) is 3.09. The van der Waals surface area contributed by atoms with Crippen LogP contribution in [0.4, 0.5) is 0 Å². The summed E-state index contributed by atoms with van der Waals surface area (Å²) in [4.78, 5) is 6.94. The number of likely N-dealkylation sites (tertiary alicyclic amines) is 1. The number of hydrogen-bond acceptors (Lipinski definition) is 3. The molecule has 2 unspecified atom stereocenters. The quantitative estimate of drug-likeness (QED) is 0.405. The van der Waals surface area contributed by atoms with E-state index in [1.807, 2.05) is 13.1 Å². The van der Waals surface area contributed by atoms with Crippen molar-refractivity contribution in [1.29, 1.82) is 0 Å². The zero-order valence-electron chi connectivity index (χ0n) is 15.3. The predicted molar refractivity (Wildman–Crippen MR) is 114 cm³/mol. The number of rotatable bonds is 5. The lowest BCUT2D eigenvalue weighted by Gasteiger charge is -2.27. The largest absolute Gasteiger partial charge is 0.493 e. The van der Waals surface area contributed by atoms with E-state index >= 15 is 0 Å². The second kappa shape index (κ2) is 10.2. The van der Waals surface area contributed by atoms with Gasteiger partial charge in [0, 0.05) is 32.1 Å². The maximum Gasteiger partial charge on any atom is 0.191 e. The summed E-state index contributed by atoms with van der Waals surface area (Å²) in [5, 5.41) is 7.01. The third kappa shape index (κ3) is 5.23. The fraction of sp³-hybridized carbons (Fsp3) is 0.632. The third-order valence-corrected chi connectivity index (χ3v) is 5.23. The summed E-state index contributed by atoms with van der Waals surface area (Å²) in [6.07, 6.45) is 3.64. The van der Waals surface area contributed by atoms with E-state index in [4.69, 9.17) is 4.74 Å². The first-order valence-electron chi connectivity index (χ1n) is 9.22. The second-order valence-corrected chi connectivity index (χ2v) is 6.63. The summed E-state index contributed by atoms with van der Waals surface area (Å²) in [7, 11) is 1.85. The molecule has 1 fully saturated rings. The molecule has 0 amide bonds. The highest BCUT2D eigenvalue weighted by Gasteiger charge is 2.24. The molecule has 2 heterocycles. The molecule has 25 heavy (non-hydrogen) atoms. The predicted octanol–water partition coefficient (Wildman–Crippen LogP) is 2.82. The van der Waals surface area contributed by atoms with Crippen molar-refractivity contribution in [1.82, 2.24) is 15.5 Å². The average molecular weight is 458 g/mol. The van der Waals surface area contributed by atoms with Crippen LogP contribution >= 0.6 is 24.0 Å². The molecule has 0 saturated carbocycles. The van der Waals surface area contributed by atoms with Gasteiger partial charge in [0.2, 0.25) is 0 Å². The molecule has 2 aliphatic heterocycles. The Bertz CT molecular complexity index is 566. The van der Waals surface area contributed by atoms with Crippen LogP contribution in [0.15, 0.2) is 29.3 Å². The van der Waals surface area contributed by atoms with Gasteiger partial charge in [-0.2, -0.15) is 0 Å². The number of guanidine groups is 1. The van der Waals surface area contributed by atoms with E-state index < -0.39 is 0 Å². The first kappa shape index (κ1) is 20.3. The highest BCUT2D eigenvalue weighted by molar-refractivity contribution is 14.0. The Balaban J connectivity index is 0.00000225. The Morgan fingerprint density at radius 2 is 2.04 bits per heavy atom. The minimum Gasteiger partial charge on any atom is -0.493 e. The van der Waals surface area contributed by atoms with Crippen LogP contribution in [-0.2, 0) is 0 Å². The van der Waals surface area contributed by atoms with E-state index in [1.54, 1.807) is 0 Å². The molecule has 6 heteroatoms. The molecule has 2 aliphatic rings. The van der Waals surface area contributed by atoms with Crippen LogP contribution in [-0.4, -0.2) is 56.7 Å². The zero-order chi connectivity index (χ0) is 16.8. The first-order valence-corrected chi connectivity index (χ1v) is 9.22. The second-order valence-electron chi connectivity index (χ2n) is 6.63. The van der Waals surface area contributed by atoms with Crippen LogP contribution < -0.4 is 15.4 Å². The molecule has 5 nitrogen and oxygen atoms in total.